The largest absolute Gasteiger partial charge is 0.481 e. The van der Waals surface area contributed by atoms with Crippen LogP contribution in [0.25, 0.3) is 0 Å². The summed E-state index contributed by atoms with van der Waals surface area (Å²) in [6.45, 7) is 0. The van der Waals surface area contributed by atoms with E-state index in [0.29, 0.717) is 0 Å². The minimum absolute atomic E-state index is 0.0828. The molecule has 1 N–H and O–H groups in total. The van der Waals surface area contributed by atoms with E-state index in [9.17, 15) is 13.6 Å². The van der Waals surface area contributed by atoms with Gasteiger partial charge in [0.15, 0.2) is 0 Å². The average Bonchev–Trinajstić information content (AvgIpc) is 2.28. The summed E-state index contributed by atoms with van der Waals surface area (Å²) in [5.41, 5.74) is -0.202. The summed E-state index contributed by atoms with van der Waals surface area (Å²) in [7, 11) is 0. The van der Waals surface area contributed by atoms with Crippen molar-refractivity contribution in [3.8, 4) is 0 Å². The van der Waals surface area contributed by atoms with Gasteiger partial charge in [-0.25, -0.2) is 8.78 Å². The van der Waals surface area contributed by atoms with E-state index in [4.69, 9.17) is 28.3 Å². The van der Waals surface area contributed by atoms with Gasteiger partial charge in [-0.2, -0.15) is 0 Å². The van der Waals surface area contributed by atoms with Crippen LogP contribution in [-0.2, 0) is 10.7 Å². The van der Waals surface area contributed by atoms with Crippen molar-refractivity contribution in [1.29, 1.82) is 0 Å². The number of carboxylic acid groups (broad SMARTS) is 1. The second-order valence-electron chi connectivity index (χ2n) is 3.93. The fraction of sp³-hybridized carbons (Fsp3) is 0.417. The molecule has 0 heterocycles. The van der Waals surface area contributed by atoms with Gasteiger partial charge in [-0.05, 0) is 25.0 Å². The Morgan fingerprint density at radius 3 is 2.44 bits per heavy atom. The van der Waals surface area contributed by atoms with Crippen LogP contribution >= 0.6 is 23.2 Å². The molecule has 0 spiro atoms. The SMILES string of the molecule is O=C(O)CCCCC(F)(F)c1ccc(Cl)c(Cl)c1. The molecule has 0 radical (unpaired) electrons. The van der Waals surface area contributed by atoms with E-state index in [-0.39, 0.29) is 34.9 Å². The van der Waals surface area contributed by atoms with Gasteiger partial charge in [0.25, 0.3) is 5.92 Å². The van der Waals surface area contributed by atoms with Gasteiger partial charge in [-0.1, -0.05) is 29.3 Å². The zero-order valence-corrected chi connectivity index (χ0v) is 10.9. The van der Waals surface area contributed by atoms with Crippen molar-refractivity contribution in [3.63, 3.8) is 0 Å². The lowest BCUT2D eigenvalue weighted by Gasteiger charge is -2.17. The number of alkyl halides is 2. The van der Waals surface area contributed by atoms with Gasteiger partial charge in [0.1, 0.15) is 0 Å². The van der Waals surface area contributed by atoms with Gasteiger partial charge in [-0.15, -0.1) is 0 Å². The third kappa shape index (κ3) is 4.42. The van der Waals surface area contributed by atoms with Crippen LogP contribution in [0.3, 0.4) is 0 Å². The minimum atomic E-state index is -3.02. The number of carbonyl (C=O) groups is 1. The summed E-state index contributed by atoms with van der Waals surface area (Å²) in [4.78, 5) is 10.3. The molecule has 0 unspecified atom stereocenters. The van der Waals surface area contributed by atoms with Crippen molar-refractivity contribution in [3.05, 3.63) is 33.8 Å². The van der Waals surface area contributed by atoms with E-state index in [1.807, 2.05) is 0 Å². The Morgan fingerprint density at radius 2 is 1.89 bits per heavy atom. The van der Waals surface area contributed by atoms with Crippen LogP contribution in [0.4, 0.5) is 8.78 Å². The Hall–Kier alpha value is -0.870. The monoisotopic (exact) mass is 296 g/mol. The Morgan fingerprint density at radius 1 is 1.22 bits per heavy atom. The van der Waals surface area contributed by atoms with Gasteiger partial charge < -0.3 is 5.11 Å². The lowest BCUT2D eigenvalue weighted by molar-refractivity contribution is -0.137. The Labute approximate surface area is 114 Å². The summed E-state index contributed by atoms with van der Waals surface area (Å²) in [6.07, 6.45) is -0.137. The van der Waals surface area contributed by atoms with Crippen LogP contribution in [0.1, 0.15) is 31.2 Å². The minimum Gasteiger partial charge on any atom is -0.481 e. The summed E-state index contributed by atoms with van der Waals surface area (Å²) >= 11 is 11.3. The maximum Gasteiger partial charge on any atom is 0.303 e. The maximum atomic E-state index is 13.7. The number of benzene rings is 1. The number of rotatable bonds is 6. The van der Waals surface area contributed by atoms with Crippen LogP contribution in [0.5, 0.6) is 0 Å². The second-order valence-corrected chi connectivity index (χ2v) is 4.75. The summed E-state index contributed by atoms with van der Waals surface area (Å²) < 4.78 is 27.5. The molecule has 6 heteroatoms. The summed E-state index contributed by atoms with van der Waals surface area (Å²) in [5.74, 6) is -4.00. The Balaban J connectivity index is 2.61. The fourth-order valence-corrected chi connectivity index (χ4v) is 1.79. The quantitative estimate of drug-likeness (QED) is 0.771. The molecule has 2 nitrogen and oxygen atoms in total. The molecule has 18 heavy (non-hydrogen) atoms. The Bertz CT molecular complexity index is 436. The molecular weight excluding hydrogens is 285 g/mol. The van der Waals surface area contributed by atoms with Crippen LogP contribution in [-0.4, -0.2) is 11.1 Å². The second kappa shape index (κ2) is 6.34. The molecule has 0 saturated carbocycles. The molecule has 1 aromatic rings. The molecule has 1 rings (SSSR count). The maximum absolute atomic E-state index is 13.7. The summed E-state index contributed by atoms with van der Waals surface area (Å²) in [6, 6.07) is 3.69. The number of hydrogen-bond donors (Lipinski definition) is 1. The fourth-order valence-electron chi connectivity index (χ4n) is 1.49. The van der Waals surface area contributed by atoms with Crippen molar-refractivity contribution < 1.29 is 18.7 Å². The van der Waals surface area contributed by atoms with Crippen molar-refractivity contribution in [2.45, 2.75) is 31.6 Å². The molecule has 0 saturated heterocycles. The van der Waals surface area contributed by atoms with Gasteiger partial charge in [0, 0.05) is 18.4 Å². The molecule has 0 amide bonds. The first-order chi connectivity index (χ1) is 8.33. The molecule has 0 bridgehead atoms. The molecule has 0 aliphatic rings. The molecule has 0 aliphatic heterocycles. The zero-order valence-electron chi connectivity index (χ0n) is 9.43. The first-order valence-electron chi connectivity index (χ1n) is 5.38. The number of hydrogen-bond acceptors (Lipinski definition) is 1. The van der Waals surface area contributed by atoms with Crippen molar-refractivity contribution >= 4 is 29.2 Å². The van der Waals surface area contributed by atoms with Gasteiger partial charge in [-0.3, -0.25) is 4.79 Å². The first-order valence-corrected chi connectivity index (χ1v) is 6.13. The third-order valence-corrected chi connectivity index (χ3v) is 3.21. The van der Waals surface area contributed by atoms with Crippen molar-refractivity contribution in [1.82, 2.24) is 0 Å². The van der Waals surface area contributed by atoms with E-state index in [1.54, 1.807) is 0 Å². The average molecular weight is 297 g/mol. The normalized spacial score (nSPS) is 11.6. The number of halogens is 4. The molecule has 0 fully saturated rings. The van der Waals surface area contributed by atoms with Crippen LogP contribution in [0, 0.1) is 0 Å². The standard InChI is InChI=1S/C12H12Cl2F2O2/c13-9-5-4-8(7-10(9)14)12(15,16)6-2-1-3-11(17)18/h4-5,7H,1-3,6H2,(H,17,18). The van der Waals surface area contributed by atoms with Gasteiger partial charge >= 0.3 is 5.97 Å². The van der Waals surface area contributed by atoms with E-state index < -0.39 is 18.3 Å². The number of aliphatic carboxylic acids is 1. The summed E-state index contributed by atoms with van der Waals surface area (Å²) in [5, 5.41) is 8.71. The highest BCUT2D eigenvalue weighted by Gasteiger charge is 2.31. The lowest BCUT2D eigenvalue weighted by atomic mass is 10.0. The molecule has 0 aliphatic carbocycles. The highest BCUT2D eigenvalue weighted by Crippen LogP contribution is 2.36. The molecular formula is C12H12Cl2F2O2. The van der Waals surface area contributed by atoms with Crippen LogP contribution in [0.2, 0.25) is 10.0 Å². The molecule has 1 aromatic carbocycles. The van der Waals surface area contributed by atoms with Gasteiger partial charge in [0.2, 0.25) is 0 Å². The van der Waals surface area contributed by atoms with Crippen LogP contribution < -0.4 is 0 Å². The van der Waals surface area contributed by atoms with Gasteiger partial charge in [0.05, 0.1) is 10.0 Å². The topological polar surface area (TPSA) is 37.3 Å². The first kappa shape index (κ1) is 15.2. The highest BCUT2D eigenvalue weighted by molar-refractivity contribution is 6.42. The van der Waals surface area contributed by atoms with E-state index in [0.717, 1.165) is 6.07 Å². The van der Waals surface area contributed by atoms with E-state index in [2.05, 4.69) is 0 Å². The predicted octanol–water partition coefficient (Wildman–Crippen LogP) is 4.73. The molecule has 0 atom stereocenters. The lowest BCUT2D eigenvalue weighted by Crippen LogP contribution is -2.13. The van der Waals surface area contributed by atoms with Crippen molar-refractivity contribution in [2.75, 3.05) is 0 Å². The third-order valence-electron chi connectivity index (χ3n) is 2.47. The van der Waals surface area contributed by atoms with E-state index in [1.165, 1.54) is 12.1 Å². The van der Waals surface area contributed by atoms with Crippen LogP contribution in [0.15, 0.2) is 18.2 Å². The molecule has 100 valence electrons. The molecule has 0 aromatic heterocycles. The van der Waals surface area contributed by atoms with Crippen molar-refractivity contribution in [2.24, 2.45) is 0 Å². The highest BCUT2D eigenvalue weighted by atomic mass is 35.5. The smallest absolute Gasteiger partial charge is 0.303 e. The van der Waals surface area contributed by atoms with E-state index >= 15 is 0 Å². The Kier molecular flexibility index (Phi) is 5.35. The number of carboxylic acids is 1. The predicted molar refractivity (Wildman–Crippen MR) is 66.5 cm³/mol. The number of unbranched alkanes of at least 4 members (excludes halogenated alkanes) is 1. The zero-order chi connectivity index (χ0) is 13.8.